The van der Waals surface area contributed by atoms with E-state index in [0.29, 0.717) is 31.7 Å². The number of para-hydroxylation sites is 1. The molecule has 0 spiro atoms. The molecule has 4 amide bonds. The summed E-state index contributed by atoms with van der Waals surface area (Å²) in [5, 5.41) is 5.81. The van der Waals surface area contributed by atoms with E-state index >= 15 is 0 Å². The fourth-order valence-electron chi connectivity index (χ4n) is 5.50. The molecule has 2 aliphatic heterocycles. The number of likely N-dealkylation sites (tertiary alicyclic amines) is 1. The zero-order valence-corrected chi connectivity index (χ0v) is 22.6. The van der Waals surface area contributed by atoms with Crippen LogP contribution in [0.5, 0.6) is 5.75 Å². The number of piperidine rings is 1. The molecular weight excluding hydrogens is 520 g/mol. The van der Waals surface area contributed by atoms with Crippen LogP contribution in [0.3, 0.4) is 0 Å². The molecule has 11 heteroatoms. The Hall–Kier alpha value is -3.99. The normalized spacial score (nSPS) is 20.1. The van der Waals surface area contributed by atoms with Gasteiger partial charge in [0.1, 0.15) is 17.9 Å². The van der Waals surface area contributed by atoms with Gasteiger partial charge >= 0.3 is 6.03 Å². The van der Waals surface area contributed by atoms with Crippen molar-refractivity contribution >= 4 is 38.6 Å². The lowest BCUT2D eigenvalue weighted by Gasteiger charge is -2.40. The van der Waals surface area contributed by atoms with Gasteiger partial charge in [-0.25, -0.2) is 13.2 Å². The van der Waals surface area contributed by atoms with Crippen molar-refractivity contribution in [2.24, 2.45) is 5.92 Å². The Bertz CT molecular complexity index is 1550. The van der Waals surface area contributed by atoms with Gasteiger partial charge in [-0.2, -0.15) is 0 Å². The summed E-state index contributed by atoms with van der Waals surface area (Å²) in [4.78, 5) is 43.0. The summed E-state index contributed by atoms with van der Waals surface area (Å²) in [6.07, 6.45) is 0.803. The summed E-state index contributed by atoms with van der Waals surface area (Å²) in [6, 6.07) is 15.1. The Morgan fingerprint density at radius 3 is 2.44 bits per heavy atom. The third kappa shape index (κ3) is 5.31. The standard InChI is InChI=1S/C28H30N4O6S/c1-18-15-20(24-5-3-4-6-25(24)29-18)16-38-22-7-9-23(10-8-22)39(36,37)17-28(26(34)30-27(35)31-28)21-11-13-32(14-12-21)19(2)33/h3-10,15,21H,11-14,16-17H2,1-2H3,(H2,30,31,34,35). The number of urea groups is 1. The van der Waals surface area contributed by atoms with Gasteiger partial charge in [-0.1, -0.05) is 18.2 Å². The van der Waals surface area contributed by atoms with Crippen LogP contribution in [0, 0.1) is 12.8 Å². The largest absolute Gasteiger partial charge is 0.489 e. The number of hydrogen-bond acceptors (Lipinski definition) is 7. The van der Waals surface area contributed by atoms with Crippen LogP contribution in [0.2, 0.25) is 0 Å². The number of pyridine rings is 1. The molecule has 2 aromatic carbocycles. The van der Waals surface area contributed by atoms with E-state index in [9.17, 15) is 22.8 Å². The second-order valence-corrected chi connectivity index (χ2v) is 12.1. The number of hydrogen-bond donors (Lipinski definition) is 2. The molecule has 0 aliphatic carbocycles. The summed E-state index contributed by atoms with van der Waals surface area (Å²) in [7, 11) is -3.98. The second kappa shape index (κ2) is 10.3. The van der Waals surface area contributed by atoms with E-state index in [2.05, 4.69) is 15.6 Å². The first-order chi connectivity index (χ1) is 18.6. The topological polar surface area (TPSA) is 135 Å². The summed E-state index contributed by atoms with van der Waals surface area (Å²) < 4.78 is 32.9. The van der Waals surface area contributed by atoms with Crippen LogP contribution in [0.1, 0.15) is 31.0 Å². The maximum absolute atomic E-state index is 13.5. The van der Waals surface area contributed by atoms with Crippen LogP contribution >= 0.6 is 0 Å². The average molecular weight is 551 g/mol. The van der Waals surface area contributed by atoms with Gasteiger partial charge in [-0.3, -0.25) is 19.9 Å². The molecule has 204 valence electrons. The summed E-state index contributed by atoms with van der Waals surface area (Å²) in [5.41, 5.74) is 1.11. The molecule has 0 radical (unpaired) electrons. The zero-order valence-electron chi connectivity index (χ0n) is 21.8. The van der Waals surface area contributed by atoms with E-state index in [0.717, 1.165) is 22.2 Å². The molecule has 2 fully saturated rings. The number of nitrogens with zero attached hydrogens (tertiary/aromatic N) is 2. The molecule has 1 aromatic heterocycles. The molecule has 2 aliphatic rings. The predicted octanol–water partition coefficient (Wildman–Crippen LogP) is 2.73. The molecule has 3 heterocycles. The molecule has 3 aromatic rings. The van der Waals surface area contributed by atoms with E-state index in [4.69, 9.17) is 4.74 Å². The van der Waals surface area contributed by atoms with Crippen molar-refractivity contribution in [3.63, 3.8) is 0 Å². The minimum Gasteiger partial charge on any atom is -0.489 e. The van der Waals surface area contributed by atoms with Crippen LogP contribution in [0.25, 0.3) is 10.9 Å². The molecular formula is C28H30N4O6S. The van der Waals surface area contributed by atoms with E-state index in [1.165, 1.54) is 19.1 Å². The van der Waals surface area contributed by atoms with Crippen LogP contribution in [-0.2, 0) is 26.0 Å². The Morgan fingerprint density at radius 1 is 1.10 bits per heavy atom. The number of aromatic nitrogens is 1. The highest BCUT2D eigenvalue weighted by atomic mass is 32.2. The lowest BCUT2D eigenvalue weighted by atomic mass is 9.79. The quantitative estimate of drug-likeness (QED) is 0.432. The van der Waals surface area contributed by atoms with Gasteiger partial charge in [0.2, 0.25) is 5.91 Å². The maximum Gasteiger partial charge on any atom is 0.322 e. The fourth-order valence-corrected chi connectivity index (χ4v) is 7.26. The fraction of sp³-hybridized carbons (Fsp3) is 0.357. The molecule has 2 N–H and O–H groups in total. The Morgan fingerprint density at radius 2 is 1.79 bits per heavy atom. The van der Waals surface area contributed by atoms with Gasteiger partial charge in [0.25, 0.3) is 5.91 Å². The van der Waals surface area contributed by atoms with Crippen molar-refractivity contribution in [1.29, 1.82) is 0 Å². The zero-order chi connectivity index (χ0) is 27.8. The second-order valence-electron chi connectivity index (χ2n) is 10.1. The molecule has 39 heavy (non-hydrogen) atoms. The number of aryl methyl sites for hydroxylation is 1. The minimum atomic E-state index is -3.98. The van der Waals surface area contributed by atoms with Gasteiger partial charge in [-0.15, -0.1) is 0 Å². The number of carbonyl (C=O) groups excluding carboxylic acids is 3. The van der Waals surface area contributed by atoms with Crippen LogP contribution in [0.15, 0.2) is 59.5 Å². The number of benzene rings is 2. The number of carbonyl (C=O) groups is 3. The number of nitrogens with one attached hydrogen (secondary N) is 2. The number of ether oxygens (including phenoxy) is 1. The lowest BCUT2D eigenvalue weighted by molar-refractivity contribution is -0.131. The maximum atomic E-state index is 13.5. The number of sulfone groups is 1. The third-order valence-corrected chi connectivity index (χ3v) is 9.36. The predicted molar refractivity (Wildman–Crippen MR) is 144 cm³/mol. The summed E-state index contributed by atoms with van der Waals surface area (Å²) in [5.74, 6) is -1.26. The van der Waals surface area contributed by atoms with Crippen LogP contribution in [-0.4, -0.2) is 60.5 Å². The number of fused-ring (bicyclic) bond motifs is 1. The van der Waals surface area contributed by atoms with Gasteiger partial charge in [0.15, 0.2) is 9.84 Å². The van der Waals surface area contributed by atoms with Crippen molar-refractivity contribution in [3.8, 4) is 5.75 Å². The molecule has 1 atom stereocenters. The van der Waals surface area contributed by atoms with E-state index < -0.39 is 39.0 Å². The van der Waals surface area contributed by atoms with E-state index in [1.807, 2.05) is 37.3 Å². The van der Waals surface area contributed by atoms with Gasteiger partial charge in [0, 0.05) is 36.7 Å². The van der Waals surface area contributed by atoms with Crippen LogP contribution < -0.4 is 15.4 Å². The Kier molecular flexibility index (Phi) is 7.02. The summed E-state index contributed by atoms with van der Waals surface area (Å²) in [6.45, 7) is 4.46. The first kappa shape index (κ1) is 26.6. The number of rotatable bonds is 7. The van der Waals surface area contributed by atoms with Gasteiger partial charge in [0.05, 0.1) is 16.2 Å². The van der Waals surface area contributed by atoms with Gasteiger partial charge < -0.3 is 15.0 Å². The molecule has 10 nitrogen and oxygen atoms in total. The van der Waals surface area contributed by atoms with Crippen molar-refractivity contribution < 1.29 is 27.5 Å². The smallest absolute Gasteiger partial charge is 0.322 e. The first-order valence-corrected chi connectivity index (χ1v) is 14.4. The molecule has 0 saturated carbocycles. The highest BCUT2D eigenvalue weighted by Crippen LogP contribution is 2.34. The van der Waals surface area contributed by atoms with E-state index in [-0.39, 0.29) is 17.4 Å². The highest BCUT2D eigenvalue weighted by Gasteiger charge is 2.55. The minimum absolute atomic E-state index is 0.0227. The SMILES string of the molecule is CC(=O)N1CCC(C2(CS(=O)(=O)c3ccc(OCc4cc(C)nc5ccccc45)cc3)NC(=O)NC2=O)CC1. The molecule has 5 rings (SSSR count). The lowest BCUT2D eigenvalue weighted by Crippen LogP contribution is -2.60. The Labute approximate surface area is 226 Å². The van der Waals surface area contributed by atoms with Gasteiger partial charge in [-0.05, 0) is 62.1 Å². The van der Waals surface area contributed by atoms with Crippen molar-refractivity contribution in [1.82, 2.24) is 20.5 Å². The van der Waals surface area contributed by atoms with Crippen molar-refractivity contribution in [3.05, 3.63) is 65.9 Å². The summed E-state index contributed by atoms with van der Waals surface area (Å²) >= 11 is 0. The van der Waals surface area contributed by atoms with Crippen molar-refractivity contribution in [2.45, 2.75) is 43.7 Å². The number of amides is 4. The molecule has 2 saturated heterocycles. The first-order valence-electron chi connectivity index (χ1n) is 12.8. The van der Waals surface area contributed by atoms with E-state index in [1.54, 1.807) is 17.0 Å². The van der Waals surface area contributed by atoms with Crippen molar-refractivity contribution in [2.75, 3.05) is 18.8 Å². The highest BCUT2D eigenvalue weighted by molar-refractivity contribution is 7.91. The monoisotopic (exact) mass is 550 g/mol. The third-order valence-electron chi connectivity index (χ3n) is 7.53. The Balaban J connectivity index is 1.32. The molecule has 1 unspecified atom stereocenters. The number of imide groups is 1. The van der Waals surface area contributed by atoms with Crippen LogP contribution in [0.4, 0.5) is 4.79 Å². The molecule has 0 bridgehead atoms. The average Bonchev–Trinajstić information content (AvgIpc) is 3.19.